The number of benzene rings is 1. The van der Waals surface area contributed by atoms with Crippen molar-refractivity contribution < 1.29 is 19.4 Å². The molecule has 1 rings (SSSR count). The summed E-state index contributed by atoms with van der Waals surface area (Å²) in [5.41, 5.74) is 5.85. The molecule has 2 atom stereocenters. The van der Waals surface area contributed by atoms with Crippen molar-refractivity contribution in [3.63, 3.8) is 0 Å². The van der Waals surface area contributed by atoms with Crippen LogP contribution in [0.1, 0.15) is 11.5 Å². The minimum absolute atomic E-state index is 0.153. The van der Waals surface area contributed by atoms with Crippen LogP contribution in [0.2, 0.25) is 0 Å². The van der Waals surface area contributed by atoms with Crippen LogP contribution in [0.5, 0.6) is 0 Å². The third-order valence-corrected chi connectivity index (χ3v) is 2.78. The highest BCUT2D eigenvalue weighted by atomic mass is 16.6. The highest BCUT2D eigenvalue weighted by Crippen LogP contribution is 2.22. The Morgan fingerprint density at radius 1 is 1.30 bits per heavy atom. The third-order valence-electron chi connectivity index (χ3n) is 2.78. The maximum atomic E-state index is 11.4. The van der Waals surface area contributed by atoms with E-state index in [-0.39, 0.29) is 5.69 Å². The van der Waals surface area contributed by atoms with Crippen LogP contribution in [-0.2, 0) is 9.53 Å². The van der Waals surface area contributed by atoms with Gasteiger partial charge in [0.15, 0.2) is 0 Å². The third kappa shape index (κ3) is 3.72. The van der Waals surface area contributed by atoms with Gasteiger partial charge in [-0.2, -0.15) is 0 Å². The smallest absolute Gasteiger partial charge is 0.323 e. The van der Waals surface area contributed by atoms with Crippen molar-refractivity contribution in [3.8, 4) is 0 Å². The normalized spacial score (nSPS) is 13.3. The number of nitrogens with zero attached hydrogens (tertiary/aromatic N) is 2. The molecule has 9 nitrogen and oxygen atoms in total. The van der Waals surface area contributed by atoms with E-state index in [2.05, 4.69) is 4.74 Å². The molecule has 0 fully saturated rings. The monoisotopic (exact) mass is 283 g/mol. The van der Waals surface area contributed by atoms with E-state index >= 15 is 0 Å². The molecule has 108 valence electrons. The maximum absolute atomic E-state index is 11.4. The largest absolute Gasteiger partial charge is 0.468 e. The molecule has 0 saturated carbocycles. The summed E-state index contributed by atoms with van der Waals surface area (Å²) in [4.78, 5) is 31.4. The summed E-state index contributed by atoms with van der Waals surface area (Å²) in [6, 6.07) is 3.87. The van der Waals surface area contributed by atoms with Crippen LogP contribution in [0.3, 0.4) is 0 Å². The first-order valence-corrected chi connectivity index (χ1v) is 5.56. The second-order valence-electron chi connectivity index (χ2n) is 4.02. The average molecular weight is 283 g/mol. The van der Waals surface area contributed by atoms with Gasteiger partial charge < -0.3 is 10.5 Å². The first kappa shape index (κ1) is 15.5. The number of rotatable bonds is 6. The second-order valence-corrected chi connectivity index (χ2v) is 4.02. The summed E-state index contributed by atoms with van der Waals surface area (Å²) in [6.07, 6.45) is 0. The fourth-order valence-corrected chi connectivity index (χ4v) is 1.73. The van der Waals surface area contributed by atoms with Gasteiger partial charge in [-0.1, -0.05) is 12.1 Å². The van der Waals surface area contributed by atoms with E-state index in [0.29, 0.717) is 5.56 Å². The highest BCUT2D eigenvalue weighted by Gasteiger charge is 2.31. The molecule has 2 N–H and O–H groups in total. The van der Waals surface area contributed by atoms with Gasteiger partial charge in [-0.25, -0.2) is 0 Å². The molecule has 9 heteroatoms. The zero-order valence-corrected chi connectivity index (χ0v) is 10.6. The van der Waals surface area contributed by atoms with Gasteiger partial charge in [0, 0.05) is 17.1 Å². The Hall–Kier alpha value is -2.55. The van der Waals surface area contributed by atoms with Gasteiger partial charge in [0.25, 0.3) is 5.69 Å². The molecule has 0 amide bonds. The van der Waals surface area contributed by atoms with Crippen LogP contribution in [-0.4, -0.2) is 35.5 Å². The SMILES string of the molecule is COC(=O)[C@H](N)[C@H](C[N+](=O)[O-])c1ccc([N+](=O)[O-])cc1. The summed E-state index contributed by atoms with van der Waals surface area (Å²) in [7, 11) is 1.13. The summed E-state index contributed by atoms with van der Waals surface area (Å²) < 4.78 is 4.46. The number of carbonyl (C=O) groups is 1. The summed E-state index contributed by atoms with van der Waals surface area (Å²) in [6.45, 7) is -0.575. The lowest BCUT2D eigenvalue weighted by Gasteiger charge is -2.18. The first-order valence-electron chi connectivity index (χ1n) is 5.56. The van der Waals surface area contributed by atoms with Gasteiger partial charge in [0.2, 0.25) is 6.54 Å². The molecule has 0 radical (unpaired) electrons. The van der Waals surface area contributed by atoms with E-state index in [1.807, 2.05) is 0 Å². The number of nitro groups is 2. The second kappa shape index (κ2) is 6.57. The Morgan fingerprint density at radius 3 is 2.25 bits per heavy atom. The molecular formula is C11H13N3O6. The van der Waals surface area contributed by atoms with Crippen molar-refractivity contribution in [2.45, 2.75) is 12.0 Å². The van der Waals surface area contributed by atoms with E-state index in [4.69, 9.17) is 5.73 Å². The number of esters is 1. The van der Waals surface area contributed by atoms with Crippen LogP contribution in [0.25, 0.3) is 0 Å². The molecule has 0 aliphatic rings. The van der Waals surface area contributed by atoms with E-state index in [0.717, 1.165) is 7.11 Å². The maximum Gasteiger partial charge on any atom is 0.323 e. The lowest BCUT2D eigenvalue weighted by Crippen LogP contribution is -2.40. The fraction of sp³-hybridized carbons (Fsp3) is 0.364. The van der Waals surface area contributed by atoms with Crippen LogP contribution in [0, 0.1) is 20.2 Å². The van der Waals surface area contributed by atoms with Crippen LogP contribution >= 0.6 is 0 Å². The average Bonchev–Trinajstić information content (AvgIpc) is 2.43. The van der Waals surface area contributed by atoms with E-state index < -0.39 is 34.3 Å². The molecule has 0 unspecified atom stereocenters. The summed E-state index contributed by atoms with van der Waals surface area (Å²) in [5, 5.41) is 21.2. The number of carbonyl (C=O) groups excluding carboxylic acids is 1. The summed E-state index contributed by atoms with van der Waals surface area (Å²) >= 11 is 0. The van der Waals surface area contributed by atoms with Gasteiger partial charge in [-0.3, -0.25) is 25.0 Å². The summed E-state index contributed by atoms with van der Waals surface area (Å²) in [5.74, 6) is -1.70. The van der Waals surface area contributed by atoms with Crippen LogP contribution in [0.15, 0.2) is 24.3 Å². The molecule has 0 aliphatic carbocycles. The van der Waals surface area contributed by atoms with E-state index in [1.165, 1.54) is 24.3 Å². The Morgan fingerprint density at radius 2 is 1.85 bits per heavy atom. The van der Waals surface area contributed by atoms with Gasteiger partial charge in [0.1, 0.15) is 6.04 Å². The minimum Gasteiger partial charge on any atom is -0.468 e. The Balaban J connectivity index is 3.06. The van der Waals surface area contributed by atoms with Gasteiger partial charge in [-0.05, 0) is 5.56 Å². The molecule has 20 heavy (non-hydrogen) atoms. The van der Waals surface area contributed by atoms with Crippen LogP contribution in [0.4, 0.5) is 5.69 Å². The highest BCUT2D eigenvalue weighted by molar-refractivity contribution is 5.76. The quantitative estimate of drug-likeness (QED) is 0.454. The molecule has 1 aromatic carbocycles. The molecule has 0 spiro atoms. The predicted octanol–water partition coefficient (Wildman–Crippen LogP) is 0.455. The molecule has 0 aromatic heterocycles. The van der Waals surface area contributed by atoms with Gasteiger partial charge >= 0.3 is 5.97 Å². The zero-order chi connectivity index (χ0) is 15.3. The first-order chi connectivity index (χ1) is 9.36. The fourth-order valence-electron chi connectivity index (χ4n) is 1.73. The van der Waals surface area contributed by atoms with Gasteiger partial charge in [-0.15, -0.1) is 0 Å². The molecule has 0 bridgehead atoms. The lowest BCUT2D eigenvalue weighted by molar-refractivity contribution is -0.483. The number of hydrogen-bond acceptors (Lipinski definition) is 7. The van der Waals surface area contributed by atoms with Gasteiger partial charge in [0.05, 0.1) is 18.0 Å². The van der Waals surface area contributed by atoms with Crippen molar-refractivity contribution in [3.05, 3.63) is 50.1 Å². The molecule has 0 heterocycles. The Labute approximate surface area is 113 Å². The number of nitrogens with two attached hydrogens (primary N) is 1. The topological polar surface area (TPSA) is 139 Å². The molecule has 0 saturated heterocycles. The lowest BCUT2D eigenvalue weighted by atomic mass is 9.92. The number of methoxy groups -OCH3 is 1. The van der Waals surface area contributed by atoms with Crippen molar-refractivity contribution in [1.82, 2.24) is 0 Å². The number of non-ortho nitro benzene ring substituents is 1. The number of nitro benzene ring substituents is 1. The van der Waals surface area contributed by atoms with E-state index in [9.17, 15) is 25.0 Å². The number of hydrogen-bond donors (Lipinski definition) is 1. The Bertz CT molecular complexity index is 515. The molecule has 1 aromatic rings. The zero-order valence-electron chi connectivity index (χ0n) is 10.6. The number of ether oxygens (including phenoxy) is 1. The standard InChI is InChI=1S/C11H13N3O6/c1-20-11(15)10(12)9(6-13(16)17)7-2-4-8(5-3-7)14(18)19/h2-5,9-10H,6,12H2,1H3/t9-,10-/m1/s1. The molecule has 0 aliphatic heterocycles. The Kier molecular flexibility index (Phi) is 5.09. The molecular weight excluding hydrogens is 270 g/mol. The van der Waals surface area contributed by atoms with E-state index in [1.54, 1.807) is 0 Å². The van der Waals surface area contributed by atoms with Crippen molar-refractivity contribution in [1.29, 1.82) is 0 Å². The minimum atomic E-state index is -1.22. The van der Waals surface area contributed by atoms with Crippen molar-refractivity contribution in [2.75, 3.05) is 13.7 Å². The van der Waals surface area contributed by atoms with Crippen molar-refractivity contribution >= 4 is 11.7 Å². The van der Waals surface area contributed by atoms with Crippen LogP contribution < -0.4 is 5.73 Å². The van der Waals surface area contributed by atoms with Crippen molar-refractivity contribution in [2.24, 2.45) is 5.73 Å². The predicted molar refractivity (Wildman–Crippen MR) is 67.7 cm³/mol.